The second-order valence-corrected chi connectivity index (χ2v) is 3.31. The third kappa shape index (κ3) is 5.28. The molecule has 0 unspecified atom stereocenters. The average Bonchev–Trinajstić information content (AvgIpc) is 1.87. The Labute approximate surface area is 69.9 Å². The Morgan fingerprint density at radius 2 is 1.78 bits per heavy atom. The molecule has 0 aliphatic heterocycles. The van der Waals surface area contributed by atoms with Gasteiger partial charge >= 0.3 is 0 Å². The number of halogens is 3. The summed E-state index contributed by atoms with van der Waals surface area (Å²) in [5.41, 5.74) is 0. The van der Waals surface area contributed by atoms with E-state index in [4.69, 9.17) is 39.9 Å². The van der Waals surface area contributed by atoms with Gasteiger partial charge in [0.1, 0.15) is 0 Å². The van der Waals surface area contributed by atoms with E-state index in [-0.39, 0.29) is 17.4 Å². The first-order chi connectivity index (χ1) is 4.20. The summed E-state index contributed by atoms with van der Waals surface area (Å²) in [6, 6.07) is 0. The Hall–Kier alpha value is 0.830. The molecule has 4 heteroatoms. The zero-order chi connectivity index (χ0) is 7.28. The van der Waals surface area contributed by atoms with Gasteiger partial charge in [-0.25, -0.2) is 0 Å². The maximum absolute atomic E-state index is 8.45. The fourth-order valence-electron chi connectivity index (χ4n) is 0.415. The van der Waals surface area contributed by atoms with Crippen LogP contribution in [-0.4, -0.2) is 28.3 Å². The molecule has 0 amide bonds. The Bertz CT molecular complexity index is 61.2. The standard InChI is InChI=1S/C5H9Cl3O/c6-2-4(7)1-5(8)3-9/h4-5,9H,1-3H2/t4-,5+/m1/s1. The minimum Gasteiger partial charge on any atom is -0.395 e. The monoisotopic (exact) mass is 190 g/mol. The van der Waals surface area contributed by atoms with E-state index in [1.165, 1.54) is 0 Å². The lowest BCUT2D eigenvalue weighted by atomic mass is 10.2. The van der Waals surface area contributed by atoms with Gasteiger partial charge in [-0.1, -0.05) is 0 Å². The molecule has 2 atom stereocenters. The smallest absolute Gasteiger partial charge is 0.0595 e. The van der Waals surface area contributed by atoms with E-state index in [2.05, 4.69) is 0 Å². The molecule has 0 saturated heterocycles. The van der Waals surface area contributed by atoms with Crippen LogP contribution in [0.5, 0.6) is 0 Å². The predicted octanol–water partition coefficient (Wildman–Crippen LogP) is 1.82. The number of aliphatic hydroxyl groups excluding tert-OH is 1. The molecule has 56 valence electrons. The van der Waals surface area contributed by atoms with Gasteiger partial charge in [-0.05, 0) is 6.42 Å². The van der Waals surface area contributed by atoms with Gasteiger partial charge in [-0.15, -0.1) is 34.8 Å². The normalized spacial score (nSPS) is 17.3. The Morgan fingerprint density at radius 3 is 2.11 bits per heavy atom. The fraction of sp³-hybridized carbons (Fsp3) is 1.00. The first-order valence-electron chi connectivity index (χ1n) is 2.65. The molecule has 1 nitrogen and oxygen atoms in total. The summed E-state index contributed by atoms with van der Waals surface area (Å²) in [6.45, 7) is -0.0400. The SMILES string of the molecule is OC[C@@H](Cl)C[C@@H](Cl)CCl. The zero-order valence-corrected chi connectivity index (χ0v) is 7.12. The van der Waals surface area contributed by atoms with Crippen molar-refractivity contribution in [1.82, 2.24) is 0 Å². The van der Waals surface area contributed by atoms with Crippen molar-refractivity contribution in [3.8, 4) is 0 Å². The van der Waals surface area contributed by atoms with Gasteiger partial charge < -0.3 is 5.11 Å². The van der Waals surface area contributed by atoms with E-state index < -0.39 is 0 Å². The third-order valence-corrected chi connectivity index (χ3v) is 2.06. The minimum absolute atomic E-state index is 0.0400. The summed E-state index contributed by atoms with van der Waals surface area (Å²) in [4.78, 5) is 0. The molecule has 0 aromatic rings. The fourth-order valence-corrected chi connectivity index (χ4v) is 1.06. The summed E-state index contributed by atoms with van der Waals surface area (Å²) in [6.07, 6.45) is 0.559. The maximum Gasteiger partial charge on any atom is 0.0595 e. The average molecular weight is 191 g/mol. The number of hydrogen-bond donors (Lipinski definition) is 1. The molecule has 0 aliphatic carbocycles. The summed E-state index contributed by atoms with van der Waals surface area (Å²) in [5.74, 6) is 0.380. The van der Waals surface area contributed by atoms with Crippen LogP contribution in [0.4, 0.5) is 0 Å². The van der Waals surface area contributed by atoms with E-state index in [0.29, 0.717) is 12.3 Å². The molecule has 0 saturated carbocycles. The second-order valence-electron chi connectivity index (χ2n) is 1.77. The van der Waals surface area contributed by atoms with Crippen molar-refractivity contribution in [3.05, 3.63) is 0 Å². The Kier molecular flexibility index (Phi) is 6.12. The highest BCUT2D eigenvalue weighted by Crippen LogP contribution is 2.11. The number of aliphatic hydroxyl groups is 1. The maximum atomic E-state index is 8.45. The molecular weight excluding hydrogens is 182 g/mol. The van der Waals surface area contributed by atoms with Crippen LogP contribution in [0, 0.1) is 0 Å². The first kappa shape index (κ1) is 9.83. The van der Waals surface area contributed by atoms with Crippen molar-refractivity contribution in [2.75, 3.05) is 12.5 Å². The lowest BCUT2D eigenvalue weighted by Crippen LogP contribution is -2.12. The molecular formula is C5H9Cl3O. The molecule has 0 bridgehead atoms. The van der Waals surface area contributed by atoms with Crippen molar-refractivity contribution >= 4 is 34.8 Å². The summed E-state index contributed by atoms with van der Waals surface area (Å²) in [7, 11) is 0. The quantitative estimate of drug-likeness (QED) is 0.672. The molecule has 0 aromatic carbocycles. The van der Waals surface area contributed by atoms with Crippen molar-refractivity contribution in [1.29, 1.82) is 0 Å². The lowest BCUT2D eigenvalue weighted by molar-refractivity contribution is 0.288. The van der Waals surface area contributed by atoms with E-state index in [1.54, 1.807) is 0 Å². The first-order valence-corrected chi connectivity index (χ1v) is 4.06. The van der Waals surface area contributed by atoms with Gasteiger partial charge in [0.15, 0.2) is 0 Å². The van der Waals surface area contributed by atoms with Crippen LogP contribution < -0.4 is 0 Å². The number of alkyl halides is 3. The van der Waals surface area contributed by atoms with E-state index >= 15 is 0 Å². The Morgan fingerprint density at radius 1 is 1.22 bits per heavy atom. The molecule has 0 heterocycles. The van der Waals surface area contributed by atoms with Gasteiger partial charge in [0.2, 0.25) is 0 Å². The second kappa shape index (κ2) is 5.60. The molecule has 1 N–H and O–H groups in total. The highest BCUT2D eigenvalue weighted by atomic mass is 35.5. The number of rotatable bonds is 4. The zero-order valence-electron chi connectivity index (χ0n) is 4.86. The Balaban J connectivity index is 3.22. The lowest BCUT2D eigenvalue weighted by Gasteiger charge is -2.07. The van der Waals surface area contributed by atoms with E-state index in [1.807, 2.05) is 0 Å². The number of hydrogen-bond acceptors (Lipinski definition) is 1. The van der Waals surface area contributed by atoms with Crippen LogP contribution >= 0.6 is 34.8 Å². The third-order valence-electron chi connectivity index (χ3n) is 0.877. The van der Waals surface area contributed by atoms with Gasteiger partial charge in [0, 0.05) is 11.3 Å². The molecule has 9 heavy (non-hydrogen) atoms. The van der Waals surface area contributed by atoms with Gasteiger partial charge in [0.05, 0.1) is 12.0 Å². The highest BCUT2D eigenvalue weighted by molar-refractivity contribution is 6.28. The van der Waals surface area contributed by atoms with Crippen molar-refractivity contribution in [2.24, 2.45) is 0 Å². The molecule has 0 fully saturated rings. The van der Waals surface area contributed by atoms with Crippen LogP contribution in [0.1, 0.15) is 6.42 Å². The van der Waals surface area contributed by atoms with Gasteiger partial charge in [0.25, 0.3) is 0 Å². The molecule has 0 rings (SSSR count). The summed E-state index contributed by atoms with van der Waals surface area (Å²) in [5, 5.41) is 8.06. The van der Waals surface area contributed by atoms with Crippen molar-refractivity contribution in [3.63, 3.8) is 0 Å². The van der Waals surface area contributed by atoms with Crippen LogP contribution in [-0.2, 0) is 0 Å². The molecule has 0 spiro atoms. The van der Waals surface area contributed by atoms with Crippen molar-refractivity contribution < 1.29 is 5.11 Å². The van der Waals surface area contributed by atoms with E-state index in [9.17, 15) is 0 Å². The van der Waals surface area contributed by atoms with Crippen LogP contribution in [0.2, 0.25) is 0 Å². The summed E-state index contributed by atoms with van der Waals surface area (Å²) >= 11 is 16.5. The van der Waals surface area contributed by atoms with Crippen LogP contribution in [0.15, 0.2) is 0 Å². The predicted molar refractivity (Wildman–Crippen MR) is 41.7 cm³/mol. The largest absolute Gasteiger partial charge is 0.395 e. The van der Waals surface area contributed by atoms with Crippen molar-refractivity contribution in [2.45, 2.75) is 17.2 Å². The highest BCUT2D eigenvalue weighted by Gasteiger charge is 2.09. The molecule has 0 aromatic heterocycles. The molecule has 0 aliphatic rings. The van der Waals surface area contributed by atoms with Crippen LogP contribution in [0.3, 0.4) is 0 Å². The minimum atomic E-state index is -0.258. The molecule has 0 radical (unpaired) electrons. The van der Waals surface area contributed by atoms with Gasteiger partial charge in [-0.2, -0.15) is 0 Å². The van der Waals surface area contributed by atoms with Gasteiger partial charge in [-0.3, -0.25) is 0 Å². The summed E-state index contributed by atoms with van der Waals surface area (Å²) < 4.78 is 0. The topological polar surface area (TPSA) is 20.2 Å². The van der Waals surface area contributed by atoms with E-state index in [0.717, 1.165) is 0 Å². The van der Waals surface area contributed by atoms with Crippen LogP contribution in [0.25, 0.3) is 0 Å².